The summed E-state index contributed by atoms with van der Waals surface area (Å²) < 4.78 is 2.26. The predicted octanol–water partition coefficient (Wildman–Crippen LogP) is 3.38. The summed E-state index contributed by atoms with van der Waals surface area (Å²) in [5, 5.41) is 13.7. The second-order valence-electron chi connectivity index (χ2n) is 3.70. The van der Waals surface area contributed by atoms with Crippen LogP contribution in [0.25, 0.3) is 9.40 Å². The summed E-state index contributed by atoms with van der Waals surface area (Å²) in [6.45, 7) is 2.00. The van der Waals surface area contributed by atoms with Crippen LogP contribution in [0.4, 0.5) is 0 Å². The Morgan fingerprint density at radius 1 is 1.59 bits per heavy atom. The van der Waals surface area contributed by atoms with Crippen LogP contribution in [0.1, 0.15) is 29.4 Å². The number of carbonyl (C=O) groups excluding carboxylic acids is 1. The standard InChI is InChI=1S/C12H12N2OS2/c1-2-3-8(7-13)14-12(15)11-6-10-9(17-11)4-5-16-10/h4-6,8H,2-3H2,1H3,(H,14,15). The summed E-state index contributed by atoms with van der Waals surface area (Å²) >= 11 is 3.10. The van der Waals surface area contributed by atoms with Crippen molar-refractivity contribution in [2.45, 2.75) is 25.8 Å². The van der Waals surface area contributed by atoms with Gasteiger partial charge in [-0.2, -0.15) is 5.26 Å². The first-order valence-electron chi connectivity index (χ1n) is 5.42. The van der Waals surface area contributed by atoms with Crippen molar-refractivity contribution >= 4 is 38.0 Å². The molecule has 2 heterocycles. The molecule has 0 aliphatic rings. The number of amides is 1. The Kier molecular flexibility index (Phi) is 3.77. The lowest BCUT2D eigenvalue weighted by Gasteiger charge is -2.08. The molecular weight excluding hydrogens is 252 g/mol. The van der Waals surface area contributed by atoms with Crippen molar-refractivity contribution in [2.75, 3.05) is 0 Å². The number of rotatable bonds is 4. The van der Waals surface area contributed by atoms with E-state index in [4.69, 9.17) is 5.26 Å². The van der Waals surface area contributed by atoms with Crippen molar-refractivity contribution < 1.29 is 4.79 Å². The van der Waals surface area contributed by atoms with Crippen LogP contribution in [0.15, 0.2) is 17.5 Å². The molecule has 2 aromatic heterocycles. The molecule has 17 heavy (non-hydrogen) atoms. The van der Waals surface area contributed by atoms with E-state index in [0.29, 0.717) is 11.3 Å². The van der Waals surface area contributed by atoms with Gasteiger partial charge in [0.15, 0.2) is 0 Å². The summed E-state index contributed by atoms with van der Waals surface area (Å²) in [4.78, 5) is 12.6. The highest BCUT2D eigenvalue weighted by Crippen LogP contribution is 2.29. The summed E-state index contributed by atoms with van der Waals surface area (Å²) in [5.41, 5.74) is 0. The minimum Gasteiger partial charge on any atom is -0.336 e. The molecule has 5 heteroatoms. The lowest BCUT2D eigenvalue weighted by Crippen LogP contribution is -2.33. The number of fused-ring (bicyclic) bond motifs is 1. The Morgan fingerprint density at radius 3 is 3.06 bits per heavy atom. The number of carbonyl (C=O) groups is 1. The van der Waals surface area contributed by atoms with Crippen molar-refractivity contribution in [3.63, 3.8) is 0 Å². The van der Waals surface area contributed by atoms with Gasteiger partial charge in [0.25, 0.3) is 5.91 Å². The molecule has 1 N–H and O–H groups in total. The normalized spacial score (nSPS) is 12.2. The molecule has 0 saturated heterocycles. The number of thiophene rings is 2. The highest BCUT2D eigenvalue weighted by molar-refractivity contribution is 7.27. The SMILES string of the molecule is CCCC(C#N)NC(=O)c1cc2sccc2s1. The molecular formula is C12H12N2OS2. The molecule has 88 valence electrons. The lowest BCUT2D eigenvalue weighted by atomic mass is 10.2. The molecule has 3 nitrogen and oxygen atoms in total. The lowest BCUT2D eigenvalue weighted by molar-refractivity contribution is 0.0948. The van der Waals surface area contributed by atoms with Gasteiger partial charge in [0.2, 0.25) is 0 Å². The zero-order valence-electron chi connectivity index (χ0n) is 9.40. The number of nitriles is 1. The van der Waals surface area contributed by atoms with Gasteiger partial charge in [-0.05, 0) is 23.9 Å². The van der Waals surface area contributed by atoms with Gasteiger partial charge in [0.1, 0.15) is 6.04 Å². The van der Waals surface area contributed by atoms with E-state index in [9.17, 15) is 4.79 Å². The minimum absolute atomic E-state index is 0.140. The minimum atomic E-state index is -0.382. The first-order chi connectivity index (χ1) is 8.24. The van der Waals surface area contributed by atoms with E-state index in [1.165, 1.54) is 11.3 Å². The van der Waals surface area contributed by atoms with Crippen LogP contribution in [-0.4, -0.2) is 11.9 Å². The molecule has 0 fully saturated rings. The van der Waals surface area contributed by atoms with E-state index in [1.54, 1.807) is 11.3 Å². The molecule has 0 radical (unpaired) electrons. The van der Waals surface area contributed by atoms with Crippen molar-refractivity contribution in [3.8, 4) is 6.07 Å². The van der Waals surface area contributed by atoms with Crippen LogP contribution < -0.4 is 5.32 Å². The molecule has 2 aromatic rings. The fourth-order valence-corrected chi connectivity index (χ4v) is 3.58. The van der Waals surface area contributed by atoms with Gasteiger partial charge in [-0.3, -0.25) is 4.79 Å². The topological polar surface area (TPSA) is 52.9 Å². The summed E-state index contributed by atoms with van der Waals surface area (Å²) in [7, 11) is 0. The molecule has 1 atom stereocenters. The maximum atomic E-state index is 11.9. The van der Waals surface area contributed by atoms with Crippen molar-refractivity contribution in [1.82, 2.24) is 5.32 Å². The van der Waals surface area contributed by atoms with Gasteiger partial charge < -0.3 is 5.32 Å². The maximum absolute atomic E-state index is 11.9. The molecule has 0 saturated carbocycles. The van der Waals surface area contributed by atoms with Crippen LogP contribution in [0.5, 0.6) is 0 Å². The Morgan fingerprint density at radius 2 is 2.41 bits per heavy atom. The molecule has 0 aliphatic carbocycles. The van der Waals surface area contributed by atoms with Gasteiger partial charge in [-0.1, -0.05) is 13.3 Å². The Balaban J connectivity index is 2.10. The van der Waals surface area contributed by atoms with Gasteiger partial charge in [0.05, 0.1) is 10.9 Å². The summed E-state index contributed by atoms with van der Waals surface area (Å²) in [6, 6.07) is 5.62. The third kappa shape index (κ3) is 2.65. The Labute approximate surface area is 108 Å². The van der Waals surface area contributed by atoms with Crippen LogP contribution in [-0.2, 0) is 0 Å². The molecule has 0 spiro atoms. The Bertz CT molecular complexity index is 536. The maximum Gasteiger partial charge on any atom is 0.262 e. The number of hydrogen-bond donors (Lipinski definition) is 1. The van der Waals surface area contributed by atoms with Crippen LogP contribution >= 0.6 is 22.7 Å². The quantitative estimate of drug-likeness (QED) is 0.920. The summed E-state index contributed by atoms with van der Waals surface area (Å²) in [5.74, 6) is -0.140. The second-order valence-corrected chi connectivity index (χ2v) is 5.74. The van der Waals surface area contributed by atoms with Crippen molar-refractivity contribution in [2.24, 2.45) is 0 Å². The fraction of sp³-hybridized carbons (Fsp3) is 0.333. The van der Waals surface area contributed by atoms with E-state index in [2.05, 4.69) is 11.4 Å². The molecule has 0 bridgehead atoms. The van der Waals surface area contributed by atoms with E-state index < -0.39 is 0 Å². The Hall–Kier alpha value is -1.38. The van der Waals surface area contributed by atoms with Gasteiger partial charge in [0, 0.05) is 9.40 Å². The molecule has 0 aliphatic heterocycles. The smallest absolute Gasteiger partial charge is 0.262 e. The van der Waals surface area contributed by atoms with Crippen molar-refractivity contribution in [3.05, 3.63) is 22.4 Å². The highest BCUT2D eigenvalue weighted by atomic mass is 32.1. The average molecular weight is 264 g/mol. The van der Waals surface area contributed by atoms with Crippen LogP contribution in [0.3, 0.4) is 0 Å². The van der Waals surface area contributed by atoms with Gasteiger partial charge in [-0.25, -0.2) is 0 Å². The number of nitrogens with zero attached hydrogens (tertiary/aromatic N) is 1. The third-order valence-electron chi connectivity index (χ3n) is 2.40. The molecule has 2 rings (SSSR count). The van der Waals surface area contributed by atoms with Crippen LogP contribution in [0.2, 0.25) is 0 Å². The predicted molar refractivity (Wildman–Crippen MR) is 71.5 cm³/mol. The molecule has 1 amide bonds. The zero-order chi connectivity index (χ0) is 12.3. The number of hydrogen-bond acceptors (Lipinski definition) is 4. The van der Waals surface area contributed by atoms with E-state index >= 15 is 0 Å². The molecule has 1 unspecified atom stereocenters. The average Bonchev–Trinajstić information content (AvgIpc) is 2.88. The van der Waals surface area contributed by atoms with E-state index in [0.717, 1.165) is 15.8 Å². The van der Waals surface area contributed by atoms with E-state index in [-0.39, 0.29) is 11.9 Å². The third-order valence-corrected chi connectivity index (χ3v) is 4.49. The van der Waals surface area contributed by atoms with Crippen LogP contribution in [0, 0.1) is 11.3 Å². The summed E-state index contributed by atoms with van der Waals surface area (Å²) in [6.07, 6.45) is 1.58. The first kappa shape index (κ1) is 12.1. The highest BCUT2D eigenvalue weighted by Gasteiger charge is 2.15. The van der Waals surface area contributed by atoms with Gasteiger partial charge >= 0.3 is 0 Å². The van der Waals surface area contributed by atoms with E-state index in [1.807, 2.05) is 24.4 Å². The fourth-order valence-electron chi connectivity index (χ4n) is 1.56. The first-order valence-corrected chi connectivity index (χ1v) is 7.11. The molecule has 0 aromatic carbocycles. The van der Waals surface area contributed by atoms with Crippen molar-refractivity contribution in [1.29, 1.82) is 5.26 Å². The largest absolute Gasteiger partial charge is 0.336 e. The zero-order valence-corrected chi connectivity index (χ0v) is 11.0. The van der Waals surface area contributed by atoms with Gasteiger partial charge in [-0.15, -0.1) is 22.7 Å². The second kappa shape index (κ2) is 5.30. The number of nitrogens with one attached hydrogen (secondary N) is 1. The monoisotopic (exact) mass is 264 g/mol.